The van der Waals surface area contributed by atoms with E-state index in [4.69, 9.17) is 10.5 Å². The third kappa shape index (κ3) is 4.57. The number of esters is 1. The van der Waals surface area contributed by atoms with Gasteiger partial charge in [-0.3, -0.25) is 9.69 Å². The van der Waals surface area contributed by atoms with Gasteiger partial charge in [-0.15, -0.1) is 11.3 Å². The van der Waals surface area contributed by atoms with Crippen molar-refractivity contribution in [2.24, 2.45) is 11.7 Å². The predicted molar refractivity (Wildman–Crippen MR) is 84.9 cm³/mol. The highest BCUT2D eigenvalue weighted by atomic mass is 32.1. The Kier molecular flexibility index (Phi) is 6.24. The molecule has 1 aromatic heterocycles. The summed E-state index contributed by atoms with van der Waals surface area (Å²) < 4.78 is 5.10. The molecule has 1 saturated heterocycles. The Hall–Kier alpha value is -1.35. The Bertz CT molecular complexity index is 522. The standard InChI is InChI=1S/C16H22N2O2S/c1-2-20-16(19)14-5-9-18(10-6-14)12-15-13(4-3-8-17)7-11-21-15/h7,11,14H,2,5-6,8-10,12,17H2,1H3. The van der Waals surface area contributed by atoms with Gasteiger partial charge in [0, 0.05) is 17.0 Å². The van der Waals surface area contributed by atoms with E-state index >= 15 is 0 Å². The molecule has 1 aliphatic heterocycles. The average Bonchev–Trinajstić information content (AvgIpc) is 2.93. The maximum atomic E-state index is 11.7. The van der Waals surface area contributed by atoms with Crippen molar-refractivity contribution < 1.29 is 9.53 Å². The summed E-state index contributed by atoms with van der Waals surface area (Å²) in [5.41, 5.74) is 6.50. The molecule has 114 valence electrons. The molecule has 0 amide bonds. The first-order valence-corrected chi connectivity index (χ1v) is 8.26. The molecule has 2 N–H and O–H groups in total. The molecule has 0 bridgehead atoms. The Labute approximate surface area is 130 Å². The van der Waals surface area contributed by atoms with Gasteiger partial charge >= 0.3 is 5.97 Å². The van der Waals surface area contributed by atoms with E-state index in [-0.39, 0.29) is 11.9 Å². The number of piperidine rings is 1. The molecule has 0 atom stereocenters. The molecule has 2 rings (SSSR count). The summed E-state index contributed by atoms with van der Waals surface area (Å²) in [6.07, 6.45) is 1.77. The summed E-state index contributed by atoms with van der Waals surface area (Å²) in [4.78, 5) is 15.4. The Morgan fingerprint density at radius 1 is 1.52 bits per heavy atom. The molecule has 1 aliphatic rings. The van der Waals surface area contributed by atoms with Crippen molar-refractivity contribution >= 4 is 17.3 Å². The molecule has 0 saturated carbocycles. The van der Waals surface area contributed by atoms with Gasteiger partial charge in [-0.1, -0.05) is 11.8 Å². The number of hydrogen-bond donors (Lipinski definition) is 1. The summed E-state index contributed by atoms with van der Waals surface area (Å²) in [6.45, 7) is 5.49. The molecule has 0 unspecified atom stereocenters. The van der Waals surface area contributed by atoms with Crippen LogP contribution in [0.25, 0.3) is 0 Å². The predicted octanol–water partition coefficient (Wildman–Crippen LogP) is 1.83. The molecule has 0 spiro atoms. The third-order valence-electron chi connectivity index (χ3n) is 3.65. The van der Waals surface area contributed by atoms with E-state index in [2.05, 4.69) is 22.1 Å². The minimum absolute atomic E-state index is 0.0391. The van der Waals surface area contributed by atoms with Crippen LogP contribution < -0.4 is 5.73 Å². The van der Waals surface area contributed by atoms with E-state index in [9.17, 15) is 4.79 Å². The van der Waals surface area contributed by atoms with E-state index in [1.54, 1.807) is 11.3 Å². The number of thiophene rings is 1. The van der Waals surface area contributed by atoms with Crippen LogP contribution in [0.15, 0.2) is 11.4 Å². The van der Waals surface area contributed by atoms with Gasteiger partial charge in [0.2, 0.25) is 0 Å². The molecule has 0 radical (unpaired) electrons. The van der Waals surface area contributed by atoms with Crippen molar-refractivity contribution in [3.63, 3.8) is 0 Å². The highest BCUT2D eigenvalue weighted by molar-refractivity contribution is 7.10. The van der Waals surface area contributed by atoms with Crippen molar-refractivity contribution in [2.45, 2.75) is 26.3 Å². The molecule has 0 aromatic carbocycles. The normalized spacial score (nSPS) is 16.3. The lowest BCUT2D eigenvalue weighted by molar-refractivity contribution is -0.149. The number of carbonyl (C=O) groups excluding carboxylic acids is 1. The van der Waals surface area contributed by atoms with Gasteiger partial charge in [-0.2, -0.15) is 0 Å². The first-order chi connectivity index (χ1) is 10.2. The fraction of sp³-hybridized carbons (Fsp3) is 0.562. The zero-order valence-electron chi connectivity index (χ0n) is 12.4. The zero-order chi connectivity index (χ0) is 15.1. The van der Waals surface area contributed by atoms with E-state index in [1.165, 1.54) is 4.88 Å². The summed E-state index contributed by atoms with van der Waals surface area (Å²) in [6, 6.07) is 2.05. The maximum Gasteiger partial charge on any atom is 0.309 e. The highest BCUT2D eigenvalue weighted by Gasteiger charge is 2.26. The van der Waals surface area contributed by atoms with Crippen LogP contribution in [-0.4, -0.2) is 37.1 Å². The molecular weight excluding hydrogens is 284 g/mol. The molecular formula is C16H22N2O2S. The summed E-state index contributed by atoms with van der Waals surface area (Å²) in [5, 5.41) is 2.07. The molecule has 21 heavy (non-hydrogen) atoms. The molecule has 1 fully saturated rings. The second kappa shape index (κ2) is 8.18. The van der Waals surface area contributed by atoms with E-state index in [0.29, 0.717) is 13.2 Å². The fourth-order valence-electron chi connectivity index (χ4n) is 2.51. The molecule has 0 aliphatic carbocycles. The van der Waals surface area contributed by atoms with Crippen LogP contribution in [0.5, 0.6) is 0 Å². The number of rotatable bonds is 4. The monoisotopic (exact) mass is 306 g/mol. The fourth-order valence-corrected chi connectivity index (χ4v) is 3.38. The van der Waals surface area contributed by atoms with Crippen molar-refractivity contribution in [3.05, 3.63) is 21.9 Å². The first kappa shape index (κ1) is 16.0. The van der Waals surface area contributed by atoms with Crippen molar-refractivity contribution in [2.75, 3.05) is 26.2 Å². The number of nitrogens with zero attached hydrogens (tertiary/aromatic N) is 1. The van der Waals surface area contributed by atoms with Gasteiger partial charge in [-0.05, 0) is 44.3 Å². The van der Waals surface area contributed by atoms with Crippen LogP contribution in [-0.2, 0) is 16.1 Å². The third-order valence-corrected chi connectivity index (χ3v) is 4.55. The first-order valence-electron chi connectivity index (χ1n) is 7.39. The van der Waals surface area contributed by atoms with Crippen LogP contribution in [0.2, 0.25) is 0 Å². The molecule has 4 nitrogen and oxygen atoms in total. The minimum Gasteiger partial charge on any atom is -0.466 e. The van der Waals surface area contributed by atoms with Gasteiger partial charge in [0.05, 0.1) is 19.1 Å². The lowest BCUT2D eigenvalue weighted by Crippen LogP contribution is -2.36. The van der Waals surface area contributed by atoms with Crippen LogP contribution in [0.3, 0.4) is 0 Å². The Morgan fingerprint density at radius 2 is 2.29 bits per heavy atom. The van der Waals surface area contributed by atoms with Gasteiger partial charge in [0.1, 0.15) is 0 Å². The maximum absolute atomic E-state index is 11.7. The van der Waals surface area contributed by atoms with Crippen molar-refractivity contribution in [1.29, 1.82) is 0 Å². The van der Waals surface area contributed by atoms with Crippen molar-refractivity contribution in [3.8, 4) is 11.8 Å². The van der Waals surface area contributed by atoms with Gasteiger partial charge in [-0.25, -0.2) is 0 Å². The number of carbonyl (C=O) groups is 1. The Balaban J connectivity index is 1.86. The SMILES string of the molecule is CCOC(=O)C1CCN(Cc2sccc2C#CCN)CC1. The molecule has 5 heteroatoms. The topological polar surface area (TPSA) is 55.6 Å². The lowest BCUT2D eigenvalue weighted by atomic mass is 9.97. The van der Waals surface area contributed by atoms with E-state index in [0.717, 1.165) is 38.0 Å². The molecule has 1 aromatic rings. The van der Waals surface area contributed by atoms with Crippen LogP contribution >= 0.6 is 11.3 Å². The van der Waals surface area contributed by atoms with Crippen LogP contribution in [0, 0.1) is 17.8 Å². The quantitative estimate of drug-likeness (QED) is 0.681. The second-order valence-electron chi connectivity index (χ2n) is 5.07. The smallest absolute Gasteiger partial charge is 0.309 e. The Morgan fingerprint density at radius 3 is 2.95 bits per heavy atom. The summed E-state index contributed by atoms with van der Waals surface area (Å²) >= 11 is 1.73. The minimum atomic E-state index is -0.0391. The number of nitrogens with two attached hydrogens (primary N) is 1. The van der Waals surface area contributed by atoms with Crippen LogP contribution in [0.4, 0.5) is 0 Å². The average molecular weight is 306 g/mol. The van der Waals surface area contributed by atoms with Crippen molar-refractivity contribution in [1.82, 2.24) is 4.90 Å². The highest BCUT2D eigenvalue weighted by Crippen LogP contribution is 2.23. The molecule has 2 heterocycles. The van der Waals surface area contributed by atoms with Gasteiger partial charge < -0.3 is 10.5 Å². The van der Waals surface area contributed by atoms with E-state index in [1.807, 2.05) is 13.0 Å². The lowest BCUT2D eigenvalue weighted by Gasteiger charge is -2.30. The second-order valence-corrected chi connectivity index (χ2v) is 6.07. The largest absolute Gasteiger partial charge is 0.466 e. The number of likely N-dealkylation sites (tertiary alicyclic amines) is 1. The summed E-state index contributed by atoms with van der Waals surface area (Å²) in [5.74, 6) is 6.06. The number of hydrogen-bond acceptors (Lipinski definition) is 5. The number of ether oxygens (including phenoxy) is 1. The van der Waals surface area contributed by atoms with Crippen LogP contribution in [0.1, 0.15) is 30.2 Å². The van der Waals surface area contributed by atoms with E-state index < -0.39 is 0 Å². The van der Waals surface area contributed by atoms with Gasteiger partial charge in [0.25, 0.3) is 0 Å². The van der Waals surface area contributed by atoms with Gasteiger partial charge in [0.15, 0.2) is 0 Å². The zero-order valence-corrected chi connectivity index (χ0v) is 13.2. The summed E-state index contributed by atoms with van der Waals surface area (Å²) in [7, 11) is 0.